The van der Waals surface area contributed by atoms with Gasteiger partial charge >= 0.3 is 0 Å². The van der Waals surface area contributed by atoms with Crippen molar-refractivity contribution in [2.75, 3.05) is 6.54 Å². The summed E-state index contributed by atoms with van der Waals surface area (Å²) in [5, 5.41) is 3.73. The van der Waals surface area contributed by atoms with E-state index in [4.69, 9.17) is 16.3 Å². The molecule has 0 heterocycles. The molecule has 2 nitrogen and oxygen atoms in total. The molecule has 0 saturated heterocycles. The molecular formula is C17H19ClFNO. The van der Waals surface area contributed by atoms with Gasteiger partial charge in [0.1, 0.15) is 17.3 Å². The molecule has 0 unspecified atom stereocenters. The Morgan fingerprint density at radius 2 is 1.81 bits per heavy atom. The molecule has 112 valence electrons. The summed E-state index contributed by atoms with van der Waals surface area (Å²) in [6.07, 6.45) is 0. The van der Waals surface area contributed by atoms with Gasteiger partial charge in [-0.1, -0.05) is 43.6 Å². The van der Waals surface area contributed by atoms with E-state index in [2.05, 4.69) is 19.2 Å². The molecular weight excluding hydrogens is 289 g/mol. The Balaban J connectivity index is 2.19. The summed E-state index contributed by atoms with van der Waals surface area (Å²) in [5.41, 5.74) is 0.512. The first-order valence-electron chi connectivity index (χ1n) is 6.98. The molecule has 0 saturated carbocycles. The number of benzene rings is 2. The lowest BCUT2D eigenvalue weighted by Crippen LogP contribution is -2.20. The topological polar surface area (TPSA) is 21.3 Å². The number of para-hydroxylation sites is 1. The molecule has 1 N–H and O–H groups in total. The number of hydrogen-bond acceptors (Lipinski definition) is 2. The standard InChI is InChI=1S/C17H19ClFNO/c1-12(2)10-20-11-13-15(19)7-5-9-16(13)21-17-8-4-3-6-14(17)18/h3-9,12,20H,10-11H2,1-2H3. The first-order chi connectivity index (χ1) is 10.1. The zero-order chi connectivity index (χ0) is 15.2. The van der Waals surface area contributed by atoms with E-state index >= 15 is 0 Å². The van der Waals surface area contributed by atoms with E-state index in [1.165, 1.54) is 6.07 Å². The van der Waals surface area contributed by atoms with E-state index in [9.17, 15) is 4.39 Å². The van der Waals surface area contributed by atoms with E-state index in [0.717, 1.165) is 6.54 Å². The van der Waals surface area contributed by atoms with Crippen LogP contribution < -0.4 is 10.1 Å². The molecule has 0 amide bonds. The van der Waals surface area contributed by atoms with Gasteiger partial charge in [-0.3, -0.25) is 0 Å². The van der Waals surface area contributed by atoms with Crippen LogP contribution in [-0.2, 0) is 6.54 Å². The number of halogens is 2. The molecule has 21 heavy (non-hydrogen) atoms. The summed E-state index contributed by atoms with van der Waals surface area (Å²) in [6, 6.07) is 12.0. The Hall–Kier alpha value is -1.58. The second-order valence-corrected chi connectivity index (χ2v) is 5.68. The molecule has 0 atom stereocenters. The Labute approximate surface area is 129 Å². The highest BCUT2D eigenvalue weighted by molar-refractivity contribution is 6.32. The lowest BCUT2D eigenvalue weighted by molar-refractivity contribution is 0.457. The number of ether oxygens (including phenoxy) is 1. The van der Waals surface area contributed by atoms with Crippen LogP contribution in [0.1, 0.15) is 19.4 Å². The van der Waals surface area contributed by atoms with Crippen LogP contribution in [0.3, 0.4) is 0 Å². The van der Waals surface area contributed by atoms with Gasteiger partial charge in [0.25, 0.3) is 0 Å². The number of rotatable bonds is 6. The average Bonchev–Trinajstić information content (AvgIpc) is 2.44. The van der Waals surface area contributed by atoms with E-state index in [-0.39, 0.29) is 5.82 Å². The van der Waals surface area contributed by atoms with Gasteiger partial charge in [-0.15, -0.1) is 0 Å². The van der Waals surface area contributed by atoms with Crippen molar-refractivity contribution < 1.29 is 9.13 Å². The SMILES string of the molecule is CC(C)CNCc1c(F)cccc1Oc1ccccc1Cl. The van der Waals surface area contributed by atoms with Gasteiger partial charge < -0.3 is 10.1 Å². The van der Waals surface area contributed by atoms with E-state index in [1.807, 2.05) is 12.1 Å². The van der Waals surface area contributed by atoms with Gasteiger partial charge in [0.15, 0.2) is 0 Å². The van der Waals surface area contributed by atoms with Crippen LogP contribution in [0.4, 0.5) is 4.39 Å². The van der Waals surface area contributed by atoms with Gasteiger partial charge in [-0.25, -0.2) is 4.39 Å². The highest BCUT2D eigenvalue weighted by atomic mass is 35.5. The fourth-order valence-corrected chi connectivity index (χ4v) is 2.11. The van der Waals surface area contributed by atoms with E-state index in [0.29, 0.717) is 34.5 Å². The zero-order valence-corrected chi connectivity index (χ0v) is 13.0. The molecule has 2 rings (SSSR count). The lowest BCUT2D eigenvalue weighted by Gasteiger charge is -2.14. The van der Waals surface area contributed by atoms with Gasteiger partial charge in [0.05, 0.1) is 5.02 Å². The van der Waals surface area contributed by atoms with Crippen LogP contribution in [0.25, 0.3) is 0 Å². The van der Waals surface area contributed by atoms with Gasteiger partial charge in [-0.05, 0) is 36.7 Å². The summed E-state index contributed by atoms with van der Waals surface area (Å²) in [5.74, 6) is 1.23. The van der Waals surface area contributed by atoms with Crippen LogP contribution >= 0.6 is 11.6 Å². The predicted molar refractivity (Wildman–Crippen MR) is 84.5 cm³/mol. The van der Waals surface area contributed by atoms with Crippen molar-refractivity contribution in [3.8, 4) is 11.5 Å². The van der Waals surface area contributed by atoms with Crippen LogP contribution in [0, 0.1) is 11.7 Å². The van der Waals surface area contributed by atoms with Crippen LogP contribution in [0.2, 0.25) is 5.02 Å². The summed E-state index contributed by atoms with van der Waals surface area (Å²) in [7, 11) is 0. The second kappa shape index (κ2) is 7.43. The number of hydrogen-bond donors (Lipinski definition) is 1. The van der Waals surface area contributed by atoms with Crippen molar-refractivity contribution in [2.24, 2.45) is 5.92 Å². The fraction of sp³-hybridized carbons (Fsp3) is 0.294. The maximum absolute atomic E-state index is 14.0. The fourth-order valence-electron chi connectivity index (χ4n) is 1.94. The Morgan fingerprint density at radius 1 is 1.10 bits per heavy atom. The highest BCUT2D eigenvalue weighted by Crippen LogP contribution is 2.31. The number of nitrogens with one attached hydrogen (secondary N) is 1. The van der Waals surface area contributed by atoms with Crippen molar-refractivity contribution in [2.45, 2.75) is 20.4 Å². The molecule has 2 aromatic carbocycles. The maximum atomic E-state index is 14.0. The highest BCUT2D eigenvalue weighted by Gasteiger charge is 2.11. The predicted octanol–water partition coefficient (Wildman–Crippen LogP) is 5.02. The second-order valence-electron chi connectivity index (χ2n) is 5.27. The van der Waals surface area contributed by atoms with Crippen LogP contribution in [0.5, 0.6) is 11.5 Å². The van der Waals surface area contributed by atoms with Gasteiger partial charge in [-0.2, -0.15) is 0 Å². The van der Waals surface area contributed by atoms with E-state index in [1.54, 1.807) is 24.3 Å². The van der Waals surface area contributed by atoms with Crippen molar-refractivity contribution in [1.82, 2.24) is 5.32 Å². The van der Waals surface area contributed by atoms with E-state index < -0.39 is 0 Å². The lowest BCUT2D eigenvalue weighted by atomic mass is 10.1. The Kier molecular flexibility index (Phi) is 5.59. The molecule has 0 spiro atoms. The maximum Gasteiger partial charge on any atom is 0.146 e. The third kappa shape index (κ3) is 4.45. The summed E-state index contributed by atoms with van der Waals surface area (Å²) in [4.78, 5) is 0. The molecule has 0 bridgehead atoms. The average molecular weight is 308 g/mol. The minimum atomic E-state index is -0.282. The quantitative estimate of drug-likeness (QED) is 0.809. The minimum Gasteiger partial charge on any atom is -0.455 e. The molecule has 0 aliphatic heterocycles. The van der Waals surface area contributed by atoms with Crippen LogP contribution in [0.15, 0.2) is 42.5 Å². The van der Waals surface area contributed by atoms with Crippen LogP contribution in [-0.4, -0.2) is 6.54 Å². The summed E-state index contributed by atoms with van der Waals surface area (Å²) < 4.78 is 19.8. The van der Waals surface area contributed by atoms with Crippen molar-refractivity contribution in [3.05, 3.63) is 58.9 Å². The molecule has 0 radical (unpaired) electrons. The van der Waals surface area contributed by atoms with Crippen molar-refractivity contribution >= 4 is 11.6 Å². The molecule has 0 aliphatic carbocycles. The molecule has 0 fully saturated rings. The monoisotopic (exact) mass is 307 g/mol. The molecule has 0 aromatic heterocycles. The van der Waals surface area contributed by atoms with Crippen molar-refractivity contribution in [1.29, 1.82) is 0 Å². The third-order valence-corrected chi connectivity index (χ3v) is 3.30. The third-order valence-electron chi connectivity index (χ3n) is 2.99. The smallest absolute Gasteiger partial charge is 0.146 e. The summed E-state index contributed by atoms with van der Waals surface area (Å²) >= 11 is 6.08. The normalized spacial score (nSPS) is 10.9. The minimum absolute atomic E-state index is 0.282. The van der Waals surface area contributed by atoms with Crippen molar-refractivity contribution in [3.63, 3.8) is 0 Å². The molecule has 4 heteroatoms. The zero-order valence-electron chi connectivity index (χ0n) is 12.2. The first kappa shape index (κ1) is 15.8. The summed E-state index contributed by atoms with van der Waals surface area (Å²) in [6.45, 7) is 5.45. The first-order valence-corrected chi connectivity index (χ1v) is 7.36. The Morgan fingerprint density at radius 3 is 2.52 bits per heavy atom. The van der Waals surface area contributed by atoms with Gasteiger partial charge in [0, 0.05) is 12.1 Å². The largest absolute Gasteiger partial charge is 0.455 e. The van der Waals surface area contributed by atoms with Gasteiger partial charge in [0.2, 0.25) is 0 Å². The molecule has 0 aliphatic rings. The Bertz CT molecular complexity index is 601. The molecule has 2 aromatic rings.